The van der Waals surface area contributed by atoms with Crippen molar-refractivity contribution in [2.24, 2.45) is 5.73 Å². The Hall–Kier alpha value is -1.28. The standard InChI is InChI=1S/C16H19BrN2O3S.ClH/c1-10(8-18)19-16(20)11-3-5-13(14(7-11)21-2)22-9-12-4-6-15(17)23-12;/h3-7,10H,8-9,18H2,1-2H3,(H,19,20);1H/t10-;/m0./s1. The van der Waals surface area contributed by atoms with Crippen LogP contribution in [0.1, 0.15) is 22.2 Å². The lowest BCUT2D eigenvalue weighted by atomic mass is 10.1. The number of amides is 1. The van der Waals surface area contributed by atoms with Crippen LogP contribution >= 0.6 is 39.7 Å². The summed E-state index contributed by atoms with van der Waals surface area (Å²) < 4.78 is 12.2. The number of benzene rings is 1. The molecular formula is C16H20BrClN2O3S. The van der Waals surface area contributed by atoms with Crippen LogP contribution in [0.15, 0.2) is 34.1 Å². The number of halogens is 2. The molecule has 5 nitrogen and oxygen atoms in total. The molecule has 0 bridgehead atoms. The van der Waals surface area contributed by atoms with Crippen molar-refractivity contribution in [2.75, 3.05) is 13.7 Å². The normalized spacial score (nSPS) is 11.3. The largest absolute Gasteiger partial charge is 0.493 e. The van der Waals surface area contributed by atoms with Crippen molar-refractivity contribution in [3.05, 3.63) is 44.6 Å². The summed E-state index contributed by atoms with van der Waals surface area (Å²) in [5, 5.41) is 2.81. The van der Waals surface area contributed by atoms with Gasteiger partial charge in [-0.15, -0.1) is 23.7 Å². The minimum absolute atomic E-state index is 0. The van der Waals surface area contributed by atoms with Gasteiger partial charge in [0, 0.05) is 23.0 Å². The maximum Gasteiger partial charge on any atom is 0.251 e. The molecule has 1 aromatic carbocycles. The Morgan fingerprint density at radius 2 is 2.08 bits per heavy atom. The van der Waals surface area contributed by atoms with Gasteiger partial charge in [0.1, 0.15) is 6.61 Å². The summed E-state index contributed by atoms with van der Waals surface area (Å²) in [6.07, 6.45) is 0. The van der Waals surface area contributed by atoms with Crippen molar-refractivity contribution in [2.45, 2.75) is 19.6 Å². The number of nitrogens with two attached hydrogens (primary N) is 1. The van der Waals surface area contributed by atoms with Crippen LogP contribution < -0.4 is 20.5 Å². The van der Waals surface area contributed by atoms with Gasteiger partial charge >= 0.3 is 0 Å². The predicted octanol–water partition coefficient (Wildman–Crippen LogP) is 3.60. The lowest BCUT2D eigenvalue weighted by molar-refractivity contribution is 0.0941. The van der Waals surface area contributed by atoms with Crippen LogP contribution in [0.2, 0.25) is 0 Å². The molecule has 8 heteroatoms. The molecule has 132 valence electrons. The fourth-order valence-corrected chi connectivity index (χ4v) is 3.27. The Labute approximate surface area is 160 Å². The minimum Gasteiger partial charge on any atom is -0.493 e. The summed E-state index contributed by atoms with van der Waals surface area (Å²) in [6, 6.07) is 9.01. The molecule has 0 unspecified atom stereocenters. The first-order valence-electron chi connectivity index (χ1n) is 7.09. The Morgan fingerprint density at radius 3 is 2.67 bits per heavy atom. The van der Waals surface area contributed by atoms with E-state index in [1.165, 1.54) is 0 Å². The maximum atomic E-state index is 12.1. The molecular weight excluding hydrogens is 416 g/mol. The van der Waals surface area contributed by atoms with Gasteiger partial charge in [-0.05, 0) is 53.2 Å². The van der Waals surface area contributed by atoms with Gasteiger partial charge < -0.3 is 20.5 Å². The minimum atomic E-state index is -0.185. The maximum absolute atomic E-state index is 12.1. The van der Waals surface area contributed by atoms with Crippen molar-refractivity contribution in [1.29, 1.82) is 0 Å². The molecule has 0 aliphatic rings. The number of hydrogen-bond acceptors (Lipinski definition) is 5. The number of carbonyl (C=O) groups is 1. The van der Waals surface area contributed by atoms with Gasteiger partial charge in [0.25, 0.3) is 5.91 Å². The van der Waals surface area contributed by atoms with Crippen LogP contribution in [0, 0.1) is 0 Å². The monoisotopic (exact) mass is 434 g/mol. The zero-order valence-corrected chi connectivity index (χ0v) is 16.6. The molecule has 0 aliphatic heterocycles. The molecule has 0 saturated heterocycles. The van der Waals surface area contributed by atoms with Gasteiger partial charge in [0.2, 0.25) is 0 Å². The Kier molecular flexibility index (Phi) is 8.55. The first-order valence-corrected chi connectivity index (χ1v) is 8.70. The molecule has 0 fully saturated rings. The summed E-state index contributed by atoms with van der Waals surface area (Å²) in [7, 11) is 1.55. The van der Waals surface area contributed by atoms with E-state index in [1.54, 1.807) is 36.6 Å². The average molecular weight is 436 g/mol. The molecule has 0 aliphatic carbocycles. The van der Waals surface area contributed by atoms with E-state index in [2.05, 4.69) is 21.2 Å². The van der Waals surface area contributed by atoms with Gasteiger partial charge in [-0.25, -0.2) is 0 Å². The van der Waals surface area contributed by atoms with Crippen LogP contribution in [-0.4, -0.2) is 25.6 Å². The Bertz CT molecular complexity index is 681. The number of nitrogens with one attached hydrogen (secondary N) is 1. The third-order valence-electron chi connectivity index (χ3n) is 3.16. The molecule has 2 aromatic rings. The zero-order valence-electron chi connectivity index (χ0n) is 13.4. The molecule has 0 radical (unpaired) electrons. The van der Waals surface area contributed by atoms with Gasteiger partial charge in [-0.3, -0.25) is 4.79 Å². The van der Waals surface area contributed by atoms with E-state index in [-0.39, 0.29) is 24.4 Å². The molecule has 1 amide bonds. The quantitative estimate of drug-likeness (QED) is 0.697. The summed E-state index contributed by atoms with van der Waals surface area (Å²) in [5.74, 6) is 0.934. The predicted molar refractivity (Wildman–Crippen MR) is 103 cm³/mol. The van der Waals surface area contributed by atoms with E-state index in [0.717, 1.165) is 8.66 Å². The number of methoxy groups -OCH3 is 1. The highest BCUT2D eigenvalue weighted by Gasteiger charge is 2.13. The third-order valence-corrected chi connectivity index (χ3v) is 4.75. The van der Waals surface area contributed by atoms with E-state index in [4.69, 9.17) is 15.2 Å². The molecule has 0 saturated carbocycles. The molecule has 2 rings (SSSR count). The topological polar surface area (TPSA) is 73.6 Å². The van der Waals surface area contributed by atoms with Crippen LogP contribution in [0.4, 0.5) is 0 Å². The van der Waals surface area contributed by atoms with Crippen molar-refractivity contribution in [1.82, 2.24) is 5.32 Å². The highest BCUT2D eigenvalue weighted by Crippen LogP contribution is 2.30. The summed E-state index contributed by atoms with van der Waals surface area (Å²) in [6.45, 7) is 2.69. The lowest BCUT2D eigenvalue weighted by Crippen LogP contribution is -2.37. The molecule has 1 atom stereocenters. The van der Waals surface area contributed by atoms with Crippen LogP contribution in [-0.2, 0) is 6.61 Å². The smallest absolute Gasteiger partial charge is 0.251 e. The number of thiophene rings is 1. The third kappa shape index (κ3) is 5.66. The fourth-order valence-electron chi connectivity index (χ4n) is 1.87. The second-order valence-corrected chi connectivity index (χ2v) is 7.52. The number of hydrogen-bond donors (Lipinski definition) is 2. The summed E-state index contributed by atoms with van der Waals surface area (Å²) in [4.78, 5) is 13.2. The Balaban J connectivity index is 0.00000288. The van der Waals surface area contributed by atoms with Crippen LogP contribution in [0.5, 0.6) is 11.5 Å². The van der Waals surface area contributed by atoms with Gasteiger partial charge in [0.15, 0.2) is 11.5 Å². The highest BCUT2D eigenvalue weighted by atomic mass is 79.9. The van der Waals surface area contributed by atoms with Gasteiger partial charge in [0.05, 0.1) is 10.9 Å². The van der Waals surface area contributed by atoms with Crippen molar-refractivity contribution < 1.29 is 14.3 Å². The molecule has 0 spiro atoms. The van der Waals surface area contributed by atoms with E-state index in [9.17, 15) is 4.79 Å². The fraction of sp³-hybridized carbons (Fsp3) is 0.312. The summed E-state index contributed by atoms with van der Waals surface area (Å²) >= 11 is 5.04. The van der Waals surface area contributed by atoms with Gasteiger partial charge in [-0.2, -0.15) is 0 Å². The molecule has 24 heavy (non-hydrogen) atoms. The van der Waals surface area contributed by atoms with Crippen molar-refractivity contribution in [3.8, 4) is 11.5 Å². The van der Waals surface area contributed by atoms with Crippen LogP contribution in [0.25, 0.3) is 0 Å². The van der Waals surface area contributed by atoms with Crippen molar-refractivity contribution in [3.63, 3.8) is 0 Å². The first-order chi connectivity index (χ1) is 11.0. The Morgan fingerprint density at radius 1 is 1.33 bits per heavy atom. The first kappa shape index (κ1) is 20.8. The molecule has 1 aromatic heterocycles. The van der Waals surface area contributed by atoms with Crippen LogP contribution in [0.3, 0.4) is 0 Å². The molecule has 3 N–H and O–H groups in total. The van der Waals surface area contributed by atoms with E-state index in [1.807, 2.05) is 19.1 Å². The lowest BCUT2D eigenvalue weighted by Gasteiger charge is -2.14. The average Bonchev–Trinajstić information content (AvgIpc) is 2.97. The number of ether oxygens (including phenoxy) is 2. The molecule has 1 heterocycles. The van der Waals surface area contributed by atoms with E-state index in [0.29, 0.717) is 30.2 Å². The second kappa shape index (κ2) is 9.88. The zero-order chi connectivity index (χ0) is 16.8. The van der Waals surface area contributed by atoms with E-state index < -0.39 is 0 Å². The second-order valence-electron chi connectivity index (χ2n) is 4.97. The number of carbonyl (C=O) groups excluding carboxylic acids is 1. The SMILES string of the molecule is COc1cc(C(=O)N[C@@H](C)CN)ccc1OCc1ccc(Br)s1.Cl. The van der Waals surface area contributed by atoms with Crippen molar-refractivity contribution >= 4 is 45.6 Å². The van der Waals surface area contributed by atoms with E-state index >= 15 is 0 Å². The summed E-state index contributed by atoms with van der Waals surface area (Å²) in [5.41, 5.74) is 6.02. The highest BCUT2D eigenvalue weighted by molar-refractivity contribution is 9.11. The van der Waals surface area contributed by atoms with Gasteiger partial charge in [-0.1, -0.05) is 0 Å². The number of rotatable bonds is 7.